The first-order chi connectivity index (χ1) is 14.5. The molecule has 152 valence electrons. The maximum absolute atomic E-state index is 14.5. The Kier molecular flexibility index (Phi) is 5.35. The Morgan fingerprint density at radius 1 is 1.20 bits per heavy atom. The van der Waals surface area contributed by atoms with Crippen LogP contribution in [0.25, 0.3) is 0 Å². The number of nitriles is 1. The van der Waals surface area contributed by atoms with Crippen molar-refractivity contribution in [3.05, 3.63) is 76.0 Å². The lowest BCUT2D eigenvalue weighted by atomic mass is 10.2. The van der Waals surface area contributed by atoms with Gasteiger partial charge in [-0.1, -0.05) is 12.1 Å². The van der Waals surface area contributed by atoms with Gasteiger partial charge >= 0.3 is 5.69 Å². The van der Waals surface area contributed by atoms with Gasteiger partial charge in [0.1, 0.15) is 18.2 Å². The van der Waals surface area contributed by atoms with Crippen molar-refractivity contribution in [2.75, 3.05) is 18.5 Å². The number of hydrogen-bond donors (Lipinski definition) is 0. The van der Waals surface area contributed by atoms with Gasteiger partial charge < -0.3 is 14.4 Å². The normalized spacial score (nSPS) is 12.8. The molecule has 3 aromatic rings. The lowest BCUT2D eigenvalue weighted by Crippen LogP contribution is -2.36. The molecule has 0 saturated carbocycles. The van der Waals surface area contributed by atoms with Gasteiger partial charge in [0.05, 0.1) is 11.6 Å². The van der Waals surface area contributed by atoms with Crippen LogP contribution in [0.5, 0.6) is 17.4 Å². The summed E-state index contributed by atoms with van der Waals surface area (Å²) < 4.78 is 27.2. The van der Waals surface area contributed by atoms with Crippen LogP contribution in [0.1, 0.15) is 17.5 Å². The highest BCUT2D eigenvalue weighted by atomic mass is 19.1. The molecule has 0 aliphatic carbocycles. The Morgan fingerprint density at radius 2 is 2.07 bits per heavy atom. The Morgan fingerprint density at radius 3 is 2.87 bits per heavy atom. The minimum absolute atomic E-state index is 0.0422. The SMILES string of the molecule is CN1CCCn2c1cc(OCc1ccc(Oc3cccc(C#N)c3)c(F)c1)nc2=O. The fourth-order valence-electron chi connectivity index (χ4n) is 3.28. The molecule has 0 spiro atoms. The van der Waals surface area contributed by atoms with E-state index in [1.165, 1.54) is 18.2 Å². The van der Waals surface area contributed by atoms with E-state index in [0.29, 0.717) is 23.4 Å². The van der Waals surface area contributed by atoms with E-state index >= 15 is 0 Å². The summed E-state index contributed by atoms with van der Waals surface area (Å²) in [6.45, 7) is 1.54. The molecule has 0 atom stereocenters. The van der Waals surface area contributed by atoms with Gasteiger partial charge in [-0.25, -0.2) is 9.18 Å². The third-order valence-electron chi connectivity index (χ3n) is 4.81. The molecular formula is C22H19FN4O3. The molecule has 1 aromatic heterocycles. The van der Waals surface area contributed by atoms with Crippen LogP contribution in [0, 0.1) is 17.1 Å². The molecule has 0 saturated heterocycles. The molecule has 0 bridgehead atoms. The summed E-state index contributed by atoms with van der Waals surface area (Å²) >= 11 is 0. The van der Waals surface area contributed by atoms with Crippen molar-refractivity contribution in [2.24, 2.45) is 0 Å². The van der Waals surface area contributed by atoms with Gasteiger partial charge in [-0.15, -0.1) is 0 Å². The van der Waals surface area contributed by atoms with Crippen LogP contribution in [0.3, 0.4) is 0 Å². The van der Waals surface area contributed by atoms with Crippen LogP contribution in [0.2, 0.25) is 0 Å². The van der Waals surface area contributed by atoms with Gasteiger partial charge in [-0.05, 0) is 42.3 Å². The molecule has 30 heavy (non-hydrogen) atoms. The van der Waals surface area contributed by atoms with E-state index in [-0.39, 0.29) is 23.9 Å². The minimum atomic E-state index is -0.559. The van der Waals surface area contributed by atoms with E-state index in [4.69, 9.17) is 14.7 Å². The van der Waals surface area contributed by atoms with Crippen molar-refractivity contribution in [2.45, 2.75) is 19.6 Å². The maximum Gasteiger partial charge on any atom is 0.352 e. The minimum Gasteiger partial charge on any atom is -0.473 e. The van der Waals surface area contributed by atoms with Gasteiger partial charge in [0.25, 0.3) is 0 Å². The van der Waals surface area contributed by atoms with E-state index < -0.39 is 5.82 Å². The van der Waals surface area contributed by atoms with Crippen LogP contribution >= 0.6 is 0 Å². The molecule has 2 aromatic carbocycles. The van der Waals surface area contributed by atoms with E-state index in [1.54, 1.807) is 34.9 Å². The first-order valence-electron chi connectivity index (χ1n) is 9.46. The number of nitrogens with zero attached hydrogens (tertiary/aromatic N) is 4. The summed E-state index contributed by atoms with van der Waals surface area (Å²) in [6.07, 6.45) is 0.889. The quantitative estimate of drug-likeness (QED) is 0.646. The molecule has 7 nitrogen and oxygen atoms in total. The maximum atomic E-state index is 14.5. The molecule has 2 heterocycles. The van der Waals surface area contributed by atoms with Crippen molar-refractivity contribution in [1.82, 2.24) is 9.55 Å². The van der Waals surface area contributed by atoms with Crippen LogP contribution < -0.4 is 20.1 Å². The topological polar surface area (TPSA) is 80.4 Å². The van der Waals surface area contributed by atoms with Crippen LogP contribution in [0.4, 0.5) is 10.2 Å². The largest absolute Gasteiger partial charge is 0.473 e. The number of benzene rings is 2. The summed E-state index contributed by atoms with van der Waals surface area (Å²) in [7, 11) is 1.91. The number of anilines is 1. The third-order valence-corrected chi connectivity index (χ3v) is 4.81. The Labute approximate surface area is 172 Å². The Balaban J connectivity index is 1.47. The highest BCUT2D eigenvalue weighted by molar-refractivity contribution is 5.43. The summed E-state index contributed by atoms with van der Waals surface area (Å²) in [5.41, 5.74) is 0.638. The second-order valence-corrected chi connectivity index (χ2v) is 6.96. The fraction of sp³-hybridized carbons (Fsp3) is 0.227. The molecule has 0 unspecified atom stereocenters. The number of fused-ring (bicyclic) bond motifs is 1. The molecule has 0 fully saturated rings. The van der Waals surface area contributed by atoms with Crippen LogP contribution in [0.15, 0.2) is 53.3 Å². The summed E-state index contributed by atoms with van der Waals surface area (Å²) in [6, 6.07) is 14.7. The fourth-order valence-corrected chi connectivity index (χ4v) is 3.28. The zero-order valence-electron chi connectivity index (χ0n) is 16.3. The molecular weight excluding hydrogens is 387 g/mol. The number of halogens is 1. The molecule has 0 N–H and O–H groups in total. The molecule has 8 heteroatoms. The molecule has 4 rings (SSSR count). The predicted octanol–water partition coefficient (Wildman–Crippen LogP) is 3.47. The smallest absolute Gasteiger partial charge is 0.352 e. The summed E-state index contributed by atoms with van der Waals surface area (Å²) in [5.74, 6) is 0.817. The van der Waals surface area contributed by atoms with Gasteiger partial charge in [-0.3, -0.25) is 4.57 Å². The van der Waals surface area contributed by atoms with Crippen molar-refractivity contribution in [3.63, 3.8) is 0 Å². The lowest BCUT2D eigenvalue weighted by Gasteiger charge is -2.28. The molecule has 0 amide bonds. The molecule has 0 radical (unpaired) electrons. The van der Waals surface area contributed by atoms with Gasteiger partial charge in [0.2, 0.25) is 5.88 Å². The third kappa shape index (κ3) is 4.10. The van der Waals surface area contributed by atoms with E-state index in [9.17, 15) is 9.18 Å². The number of hydrogen-bond acceptors (Lipinski definition) is 6. The summed E-state index contributed by atoms with van der Waals surface area (Å²) in [4.78, 5) is 18.1. The van der Waals surface area contributed by atoms with Crippen molar-refractivity contribution < 1.29 is 13.9 Å². The second kappa shape index (κ2) is 8.25. The molecule has 1 aliphatic rings. The second-order valence-electron chi connectivity index (χ2n) is 6.96. The molecule has 1 aliphatic heterocycles. The highest BCUT2D eigenvalue weighted by Gasteiger charge is 2.17. The monoisotopic (exact) mass is 406 g/mol. The van der Waals surface area contributed by atoms with Gasteiger partial charge in [0, 0.05) is 26.2 Å². The zero-order valence-corrected chi connectivity index (χ0v) is 16.3. The van der Waals surface area contributed by atoms with E-state index in [2.05, 4.69) is 4.98 Å². The van der Waals surface area contributed by atoms with Gasteiger partial charge in [-0.2, -0.15) is 10.2 Å². The first-order valence-corrected chi connectivity index (χ1v) is 9.46. The first kappa shape index (κ1) is 19.5. The van der Waals surface area contributed by atoms with Gasteiger partial charge in [0.15, 0.2) is 11.6 Å². The summed E-state index contributed by atoms with van der Waals surface area (Å²) in [5, 5.41) is 8.95. The average Bonchev–Trinajstić information content (AvgIpc) is 2.75. The predicted molar refractivity (Wildman–Crippen MR) is 108 cm³/mol. The average molecular weight is 406 g/mol. The lowest BCUT2D eigenvalue weighted by molar-refractivity contribution is 0.289. The van der Waals surface area contributed by atoms with E-state index in [0.717, 1.165) is 18.8 Å². The Bertz CT molecular complexity index is 1190. The van der Waals surface area contributed by atoms with Crippen LogP contribution in [-0.2, 0) is 13.2 Å². The highest BCUT2D eigenvalue weighted by Crippen LogP contribution is 2.26. The number of ether oxygens (including phenoxy) is 2. The van der Waals surface area contributed by atoms with Crippen molar-refractivity contribution in [1.29, 1.82) is 5.26 Å². The Hall–Kier alpha value is -3.86. The van der Waals surface area contributed by atoms with Crippen molar-refractivity contribution >= 4 is 5.82 Å². The standard InChI is InChI=1S/C22H19FN4O3/c1-26-8-3-9-27-21(26)12-20(25-22(27)28)29-14-16-6-7-19(18(23)11-16)30-17-5-2-4-15(10-17)13-24/h2,4-7,10-12H,3,8-9,14H2,1H3. The zero-order chi connectivity index (χ0) is 21.1. The number of rotatable bonds is 5. The van der Waals surface area contributed by atoms with Crippen LogP contribution in [-0.4, -0.2) is 23.1 Å². The van der Waals surface area contributed by atoms with E-state index in [1.807, 2.05) is 18.0 Å². The van der Waals surface area contributed by atoms with Crippen molar-refractivity contribution in [3.8, 4) is 23.4 Å². The number of aromatic nitrogens is 2.